The second kappa shape index (κ2) is 11.1. The molecule has 0 unspecified atom stereocenters. The number of carbonyl (C=O) groups excluding carboxylic acids is 2. The minimum Gasteiger partial charge on any atom is -0.495 e. The van der Waals surface area contributed by atoms with Crippen molar-refractivity contribution in [3.8, 4) is 11.5 Å². The van der Waals surface area contributed by atoms with Gasteiger partial charge in [-0.1, -0.05) is 11.6 Å². The van der Waals surface area contributed by atoms with Crippen molar-refractivity contribution in [2.75, 3.05) is 36.2 Å². The third-order valence-electron chi connectivity index (χ3n) is 4.45. The number of amides is 2. The highest BCUT2D eigenvalue weighted by molar-refractivity contribution is 6.31. The summed E-state index contributed by atoms with van der Waals surface area (Å²) in [5.74, 6) is 0.833. The first kappa shape index (κ1) is 23.0. The molecule has 0 radical (unpaired) electrons. The van der Waals surface area contributed by atoms with E-state index in [1.54, 1.807) is 73.8 Å². The second-order valence-corrected chi connectivity index (χ2v) is 7.17. The van der Waals surface area contributed by atoms with E-state index in [1.165, 1.54) is 0 Å². The summed E-state index contributed by atoms with van der Waals surface area (Å²) in [6.45, 7) is 2.52. The maximum absolute atomic E-state index is 12.4. The van der Waals surface area contributed by atoms with E-state index in [0.717, 1.165) is 5.75 Å². The van der Waals surface area contributed by atoms with Crippen LogP contribution in [0, 0.1) is 0 Å². The summed E-state index contributed by atoms with van der Waals surface area (Å²) in [5, 5.41) is 9.14. The van der Waals surface area contributed by atoms with Crippen molar-refractivity contribution in [2.24, 2.45) is 0 Å². The number of halogens is 1. The van der Waals surface area contributed by atoms with Crippen molar-refractivity contribution in [1.82, 2.24) is 0 Å². The van der Waals surface area contributed by atoms with Gasteiger partial charge in [0.15, 0.2) is 0 Å². The summed E-state index contributed by atoms with van der Waals surface area (Å²) in [5.41, 5.74) is 2.33. The molecule has 3 aromatic carbocycles. The molecule has 7 nitrogen and oxygen atoms in total. The fourth-order valence-electron chi connectivity index (χ4n) is 2.91. The minimum atomic E-state index is -0.251. The Balaban J connectivity index is 1.53. The molecule has 0 saturated heterocycles. The summed E-state index contributed by atoms with van der Waals surface area (Å²) < 4.78 is 10.6. The molecule has 3 rings (SSSR count). The largest absolute Gasteiger partial charge is 0.495 e. The molecular formula is C24H24ClN3O4. The van der Waals surface area contributed by atoms with Crippen LogP contribution in [-0.4, -0.2) is 32.1 Å². The van der Waals surface area contributed by atoms with Crippen LogP contribution in [0.15, 0.2) is 66.7 Å². The molecule has 0 aliphatic heterocycles. The van der Waals surface area contributed by atoms with Crippen molar-refractivity contribution >= 4 is 40.5 Å². The van der Waals surface area contributed by atoms with Gasteiger partial charge < -0.3 is 25.4 Å². The molecule has 3 aromatic rings. The van der Waals surface area contributed by atoms with Gasteiger partial charge in [0.2, 0.25) is 5.91 Å². The van der Waals surface area contributed by atoms with Gasteiger partial charge in [0.05, 0.1) is 25.9 Å². The summed E-state index contributed by atoms with van der Waals surface area (Å²) in [7, 11) is 1.54. The maximum Gasteiger partial charge on any atom is 0.255 e. The molecule has 0 aromatic heterocycles. The van der Waals surface area contributed by atoms with Crippen LogP contribution < -0.4 is 25.4 Å². The highest BCUT2D eigenvalue weighted by Crippen LogP contribution is 2.27. The van der Waals surface area contributed by atoms with E-state index in [1.807, 2.05) is 6.92 Å². The Morgan fingerprint density at radius 3 is 2.22 bits per heavy atom. The molecule has 0 heterocycles. The Kier molecular flexibility index (Phi) is 7.94. The first-order chi connectivity index (χ1) is 15.5. The van der Waals surface area contributed by atoms with Gasteiger partial charge in [0.25, 0.3) is 5.91 Å². The number of hydrogen-bond acceptors (Lipinski definition) is 5. The summed E-state index contributed by atoms with van der Waals surface area (Å²) in [6.07, 6.45) is 0. The molecule has 0 saturated carbocycles. The lowest BCUT2D eigenvalue weighted by atomic mass is 10.2. The van der Waals surface area contributed by atoms with Gasteiger partial charge in [-0.25, -0.2) is 0 Å². The zero-order chi connectivity index (χ0) is 22.9. The van der Waals surface area contributed by atoms with E-state index in [-0.39, 0.29) is 18.4 Å². The molecule has 0 atom stereocenters. The quantitative estimate of drug-likeness (QED) is 0.422. The summed E-state index contributed by atoms with van der Waals surface area (Å²) in [4.78, 5) is 24.7. The van der Waals surface area contributed by atoms with Crippen LogP contribution in [0.5, 0.6) is 11.5 Å². The third kappa shape index (κ3) is 6.39. The van der Waals surface area contributed by atoms with Gasteiger partial charge in [-0.3, -0.25) is 9.59 Å². The smallest absolute Gasteiger partial charge is 0.255 e. The number of nitrogens with one attached hydrogen (secondary N) is 3. The fourth-order valence-corrected chi connectivity index (χ4v) is 3.08. The first-order valence-electron chi connectivity index (χ1n) is 10.00. The van der Waals surface area contributed by atoms with E-state index in [0.29, 0.717) is 40.0 Å². The van der Waals surface area contributed by atoms with Gasteiger partial charge in [-0.15, -0.1) is 0 Å². The standard InChI is InChI=1S/C24H24ClN3O4/c1-3-32-20-11-9-19(10-12-20)28-24(30)16-4-7-18(8-5-16)27-23(29)15-26-21-14-17(25)6-13-22(21)31-2/h4-14,26H,3,15H2,1-2H3,(H,27,29)(H,28,30). The van der Waals surface area contributed by atoms with Crippen LogP contribution in [0.4, 0.5) is 17.1 Å². The predicted molar refractivity (Wildman–Crippen MR) is 127 cm³/mol. The highest BCUT2D eigenvalue weighted by Gasteiger charge is 2.09. The van der Waals surface area contributed by atoms with E-state index < -0.39 is 0 Å². The third-order valence-corrected chi connectivity index (χ3v) is 4.69. The number of benzene rings is 3. The molecule has 0 fully saturated rings. The van der Waals surface area contributed by atoms with Crippen molar-refractivity contribution < 1.29 is 19.1 Å². The van der Waals surface area contributed by atoms with Crippen molar-refractivity contribution in [2.45, 2.75) is 6.92 Å². The second-order valence-electron chi connectivity index (χ2n) is 6.74. The monoisotopic (exact) mass is 453 g/mol. The lowest BCUT2D eigenvalue weighted by Crippen LogP contribution is -2.22. The number of methoxy groups -OCH3 is 1. The Morgan fingerprint density at radius 1 is 0.906 bits per heavy atom. The SMILES string of the molecule is CCOc1ccc(NC(=O)c2ccc(NC(=O)CNc3cc(Cl)ccc3OC)cc2)cc1. The molecule has 166 valence electrons. The van der Waals surface area contributed by atoms with Gasteiger partial charge in [-0.05, 0) is 73.7 Å². The predicted octanol–water partition coefficient (Wildman–Crippen LogP) is 5.05. The molecule has 32 heavy (non-hydrogen) atoms. The van der Waals surface area contributed by atoms with Crippen LogP contribution in [0.25, 0.3) is 0 Å². The zero-order valence-electron chi connectivity index (χ0n) is 17.8. The number of ether oxygens (including phenoxy) is 2. The number of rotatable bonds is 9. The van der Waals surface area contributed by atoms with E-state index in [4.69, 9.17) is 21.1 Å². The summed E-state index contributed by atoms with van der Waals surface area (Å²) in [6, 6.07) is 18.9. The van der Waals surface area contributed by atoms with Crippen molar-refractivity contribution in [3.05, 3.63) is 77.3 Å². The minimum absolute atomic E-state index is 0.0245. The van der Waals surface area contributed by atoms with Gasteiger partial charge in [0, 0.05) is 22.0 Å². The Morgan fingerprint density at radius 2 is 1.56 bits per heavy atom. The molecule has 0 spiro atoms. The number of anilines is 3. The van der Waals surface area contributed by atoms with Crippen molar-refractivity contribution in [1.29, 1.82) is 0 Å². The number of carbonyl (C=O) groups is 2. The van der Waals surface area contributed by atoms with E-state index >= 15 is 0 Å². The zero-order valence-corrected chi connectivity index (χ0v) is 18.5. The van der Waals surface area contributed by atoms with E-state index in [9.17, 15) is 9.59 Å². The summed E-state index contributed by atoms with van der Waals surface area (Å²) >= 11 is 6.00. The number of hydrogen-bond donors (Lipinski definition) is 3. The van der Waals surface area contributed by atoms with Crippen LogP contribution in [0.3, 0.4) is 0 Å². The Bertz CT molecular complexity index is 1070. The molecule has 0 bridgehead atoms. The Hall–Kier alpha value is -3.71. The first-order valence-corrected chi connectivity index (χ1v) is 10.4. The fraction of sp³-hybridized carbons (Fsp3) is 0.167. The van der Waals surface area contributed by atoms with Gasteiger partial charge in [-0.2, -0.15) is 0 Å². The van der Waals surface area contributed by atoms with Crippen LogP contribution in [0.2, 0.25) is 5.02 Å². The van der Waals surface area contributed by atoms with Crippen LogP contribution in [0.1, 0.15) is 17.3 Å². The normalized spacial score (nSPS) is 10.2. The highest BCUT2D eigenvalue weighted by atomic mass is 35.5. The average Bonchev–Trinajstić information content (AvgIpc) is 2.80. The maximum atomic E-state index is 12.4. The molecule has 3 N–H and O–H groups in total. The molecule has 2 amide bonds. The topological polar surface area (TPSA) is 88.7 Å². The lowest BCUT2D eigenvalue weighted by molar-refractivity contribution is -0.114. The van der Waals surface area contributed by atoms with Crippen molar-refractivity contribution in [3.63, 3.8) is 0 Å². The average molecular weight is 454 g/mol. The molecule has 8 heteroatoms. The Labute approximate surface area is 191 Å². The van der Waals surface area contributed by atoms with Gasteiger partial charge in [0.1, 0.15) is 11.5 Å². The van der Waals surface area contributed by atoms with E-state index in [2.05, 4.69) is 16.0 Å². The van der Waals surface area contributed by atoms with Gasteiger partial charge >= 0.3 is 0 Å². The van der Waals surface area contributed by atoms with Crippen LogP contribution in [-0.2, 0) is 4.79 Å². The van der Waals surface area contributed by atoms with Crippen LogP contribution >= 0.6 is 11.6 Å². The lowest BCUT2D eigenvalue weighted by Gasteiger charge is -2.12. The molecule has 0 aliphatic carbocycles. The molecular weight excluding hydrogens is 430 g/mol. The molecule has 0 aliphatic rings.